The first-order valence-electron chi connectivity index (χ1n) is 7.58. The number of H-pyrrole nitrogens is 1. The molecule has 2 atom stereocenters. The quantitative estimate of drug-likeness (QED) is 0.792. The van der Waals surface area contributed by atoms with Gasteiger partial charge < -0.3 is 5.11 Å². The van der Waals surface area contributed by atoms with Gasteiger partial charge >= 0.3 is 0 Å². The minimum Gasteiger partial charge on any atom is -0.395 e. The maximum absolute atomic E-state index is 13.1. The van der Waals surface area contributed by atoms with Crippen LogP contribution in [0, 0.1) is 11.7 Å². The van der Waals surface area contributed by atoms with Gasteiger partial charge in [-0.15, -0.1) is 0 Å². The summed E-state index contributed by atoms with van der Waals surface area (Å²) in [5.74, 6) is -0.135. The highest BCUT2D eigenvalue weighted by Crippen LogP contribution is 2.34. The van der Waals surface area contributed by atoms with Crippen LogP contribution in [0.15, 0.2) is 41.5 Å². The van der Waals surface area contributed by atoms with E-state index in [0.29, 0.717) is 6.54 Å². The van der Waals surface area contributed by atoms with Crippen molar-refractivity contribution in [3.8, 4) is 11.3 Å². The molecule has 0 aliphatic carbocycles. The number of aliphatic hydroxyl groups excluding tert-OH is 1. The second-order valence-electron chi connectivity index (χ2n) is 5.50. The van der Waals surface area contributed by atoms with Gasteiger partial charge in [-0.25, -0.2) is 4.39 Å². The van der Waals surface area contributed by atoms with Gasteiger partial charge in [0.25, 0.3) is 0 Å². The van der Waals surface area contributed by atoms with Crippen LogP contribution in [0.1, 0.15) is 12.5 Å². The van der Waals surface area contributed by atoms with Crippen LogP contribution in [-0.4, -0.2) is 40.8 Å². The molecule has 1 aromatic carbocycles. The molecule has 0 bridgehead atoms. The van der Waals surface area contributed by atoms with Gasteiger partial charge in [0.15, 0.2) is 0 Å². The van der Waals surface area contributed by atoms with Crippen molar-refractivity contribution in [2.45, 2.75) is 13.1 Å². The van der Waals surface area contributed by atoms with Gasteiger partial charge in [-0.2, -0.15) is 5.10 Å². The third-order valence-electron chi connectivity index (χ3n) is 4.01. The lowest BCUT2D eigenvalue weighted by Crippen LogP contribution is -2.37. The molecule has 2 aromatic rings. The Morgan fingerprint density at radius 2 is 2.09 bits per heavy atom. The van der Waals surface area contributed by atoms with Crippen LogP contribution in [0.5, 0.6) is 0 Å². The minimum atomic E-state index is -0.263. The molecule has 0 spiro atoms. The molecule has 0 saturated carbocycles. The summed E-state index contributed by atoms with van der Waals surface area (Å²) in [5.41, 5.74) is 3.82. The van der Waals surface area contributed by atoms with E-state index in [-0.39, 0.29) is 24.5 Å². The third kappa shape index (κ3) is 3.23. The number of benzene rings is 1. The minimum absolute atomic E-state index is 0.0737. The summed E-state index contributed by atoms with van der Waals surface area (Å²) >= 11 is 0. The first kappa shape index (κ1) is 15.6. The normalized spacial score (nSPS) is 20.6. The zero-order valence-electron chi connectivity index (χ0n) is 12.8. The molecular formula is C17H19FN4O. The van der Waals surface area contributed by atoms with E-state index in [1.807, 2.05) is 6.08 Å². The molecule has 2 unspecified atom stereocenters. The van der Waals surface area contributed by atoms with Crippen LogP contribution >= 0.6 is 0 Å². The molecule has 0 radical (unpaired) electrons. The number of hydrogen-bond donors (Lipinski definition) is 3. The number of allylic oxidation sites excluding steroid dienone is 1. The lowest BCUT2D eigenvalue weighted by molar-refractivity contribution is 0.279. The van der Waals surface area contributed by atoms with Crippen LogP contribution in [-0.2, 0) is 0 Å². The number of nitrogens with one attached hydrogen (secondary N) is 2. The van der Waals surface area contributed by atoms with Gasteiger partial charge in [0, 0.05) is 29.8 Å². The van der Waals surface area contributed by atoms with Crippen molar-refractivity contribution in [3.63, 3.8) is 0 Å². The summed E-state index contributed by atoms with van der Waals surface area (Å²) in [6.07, 6.45) is 5.44. The maximum atomic E-state index is 13.1. The lowest BCUT2D eigenvalue weighted by Gasteiger charge is -2.26. The topological polar surface area (TPSA) is 73.3 Å². The van der Waals surface area contributed by atoms with Crippen molar-refractivity contribution >= 4 is 11.8 Å². The summed E-state index contributed by atoms with van der Waals surface area (Å²) in [6, 6.07) is 6.34. The van der Waals surface area contributed by atoms with Gasteiger partial charge in [0.1, 0.15) is 12.0 Å². The van der Waals surface area contributed by atoms with Crippen molar-refractivity contribution in [1.82, 2.24) is 15.5 Å². The Kier molecular flexibility index (Phi) is 4.64. The first-order chi connectivity index (χ1) is 11.2. The number of nitrogens with zero attached hydrogens (tertiary/aromatic N) is 2. The van der Waals surface area contributed by atoms with Crippen molar-refractivity contribution in [1.29, 1.82) is 0 Å². The number of dihydropyridines is 1. The SMILES string of the molecule is CC1C(c2cn[nH]c2-c2ccc(F)cc2)=CC=NC1NCCO. The van der Waals surface area contributed by atoms with Crippen LogP contribution < -0.4 is 5.32 Å². The Labute approximate surface area is 134 Å². The third-order valence-corrected chi connectivity index (χ3v) is 4.01. The average Bonchev–Trinajstić information content (AvgIpc) is 3.04. The second kappa shape index (κ2) is 6.85. The fraction of sp³-hybridized carbons (Fsp3) is 0.294. The number of halogens is 1. The Hall–Kier alpha value is -2.31. The zero-order valence-corrected chi connectivity index (χ0v) is 12.8. The molecular weight excluding hydrogens is 295 g/mol. The highest BCUT2D eigenvalue weighted by Gasteiger charge is 2.25. The summed E-state index contributed by atoms with van der Waals surface area (Å²) in [5, 5.41) is 19.3. The number of aliphatic hydroxyl groups is 1. The van der Waals surface area contributed by atoms with E-state index in [0.717, 1.165) is 22.4 Å². The number of aromatic nitrogens is 2. The Balaban J connectivity index is 1.91. The van der Waals surface area contributed by atoms with Crippen molar-refractivity contribution in [2.75, 3.05) is 13.2 Å². The van der Waals surface area contributed by atoms with Gasteiger partial charge in [-0.05, 0) is 35.9 Å². The van der Waals surface area contributed by atoms with E-state index in [1.165, 1.54) is 12.1 Å². The summed E-state index contributed by atoms with van der Waals surface area (Å²) < 4.78 is 13.1. The first-order valence-corrected chi connectivity index (χ1v) is 7.58. The second-order valence-corrected chi connectivity index (χ2v) is 5.50. The van der Waals surface area contributed by atoms with Crippen LogP contribution in [0.3, 0.4) is 0 Å². The van der Waals surface area contributed by atoms with Crippen LogP contribution in [0.2, 0.25) is 0 Å². The van der Waals surface area contributed by atoms with Crippen molar-refractivity contribution in [3.05, 3.63) is 47.9 Å². The molecule has 23 heavy (non-hydrogen) atoms. The lowest BCUT2D eigenvalue weighted by atomic mass is 9.88. The number of aromatic amines is 1. The smallest absolute Gasteiger partial charge is 0.123 e. The van der Waals surface area contributed by atoms with Gasteiger partial charge in [0.05, 0.1) is 18.5 Å². The van der Waals surface area contributed by atoms with Crippen molar-refractivity contribution < 1.29 is 9.50 Å². The highest BCUT2D eigenvalue weighted by molar-refractivity contribution is 5.90. The Morgan fingerprint density at radius 1 is 1.30 bits per heavy atom. The van der Waals surface area contributed by atoms with E-state index in [4.69, 9.17) is 5.11 Å². The predicted octanol–water partition coefficient (Wildman–Crippen LogP) is 2.23. The molecule has 2 heterocycles. The molecule has 1 aliphatic rings. The maximum Gasteiger partial charge on any atom is 0.123 e. The predicted molar refractivity (Wildman–Crippen MR) is 88.5 cm³/mol. The molecule has 0 amide bonds. The van der Waals surface area contributed by atoms with Gasteiger partial charge in [-0.1, -0.05) is 6.92 Å². The molecule has 120 valence electrons. The number of rotatable bonds is 5. The molecule has 3 N–H and O–H groups in total. The zero-order chi connectivity index (χ0) is 16.2. The van der Waals surface area contributed by atoms with Gasteiger partial charge in [-0.3, -0.25) is 15.4 Å². The fourth-order valence-electron chi connectivity index (χ4n) is 2.79. The number of aliphatic imine (C=N–C) groups is 1. The van der Waals surface area contributed by atoms with Gasteiger partial charge in [0.2, 0.25) is 0 Å². The molecule has 1 aliphatic heterocycles. The van der Waals surface area contributed by atoms with E-state index in [2.05, 4.69) is 27.4 Å². The van der Waals surface area contributed by atoms with E-state index < -0.39 is 0 Å². The largest absolute Gasteiger partial charge is 0.395 e. The van der Waals surface area contributed by atoms with E-state index >= 15 is 0 Å². The molecule has 6 heteroatoms. The summed E-state index contributed by atoms with van der Waals surface area (Å²) in [7, 11) is 0. The van der Waals surface area contributed by atoms with Crippen LogP contribution in [0.25, 0.3) is 16.8 Å². The monoisotopic (exact) mass is 314 g/mol. The summed E-state index contributed by atoms with van der Waals surface area (Å²) in [4.78, 5) is 4.42. The summed E-state index contributed by atoms with van der Waals surface area (Å²) in [6.45, 7) is 2.65. The average molecular weight is 314 g/mol. The van der Waals surface area contributed by atoms with Crippen LogP contribution in [0.4, 0.5) is 4.39 Å². The number of hydrogen-bond acceptors (Lipinski definition) is 4. The van der Waals surface area contributed by atoms with E-state index in [1.54, 1.807) is 24.5 Å². The molecule has 0 saturated heterocycles. The Bertz CT molecular complexity index is 720. The van der Waals surface area contributed by atoms with Crippen molar-refractivity contribution in [2.24, 2.45) is 10.9 Å². The molecule has 1 aromatic heterocycles. The van der Waals surface area contributed by atoms with E-state index in [9.17, 15) is 4.39 Å². The fourth-order valence-corrected chi connectivity index (χ4v) is 2.79. The standard InChI is InChI=1S/C17H19FN4O/c1-11-14(6-7-19-17(11)20-8-9-23)15-10-21-22-16(15)12-2-4-13(18)5-3-12/h2-7,10-11,17,20,23H,8-9H2,1H3,(H,21,22). The Morgan fingerprint density at radius 3 is 2.83 bits per heavy atom. The molecule has 3 rings (SSSR count). The molecule has 0 fully saturated rings. The highest BCUT2D eigenvalue weighted by atomic mass is 19.1. The molecule has 5 nitrogen and oxygen atoms in total.